The van der Waals surface area contributed by atoms with Gasteiger partial charge >= 0.3 is 0 Å². The highest BCUT2D eigenvalue weighted by atomic mass is 79.9. The molecule has 0 radical (unpaired) electrons. The topological polar surface area (TPSA) is 76.1 Å². The van der Waals surface area contributed by atoms with Crippen LogP contribution in [0, 0.1) is 16.7 Å². The van der Waals surface area contributed by atoms with Gasteiger partial charge in [0.25, 0.3) is 5.91 Å². The van der Waals surface area contributed by atoms with Crippen LogP contribution >= 0.6 is 15.9 Å². The van der Waals surface area contributed by atoms with Crippen molar-refractivity contribution < 1.29 is 24.2 Å². The number of benzene rings is 3. The van der Waals surface area contributed by atoms with E-state index in [9.17, 15) is 14.7 Å². The van der Waals surface area contributed by atoms with E-state index in [1.165, 1.54) is 4.90 Å². The van der Waals surface area contributed by atoms with E-state index in [2.05, 4.69) is 15.9 Å². The van der Waals surface area contributed by atoms with Gasteiger partial charge in [0.2, 0.25) is 12.7 Å². The zero-order valence-corrected chi connectivity index (χ0v) is 21.9. The molecule has 2 amide bonds. The Bertz CT molecular complexity index is 1520. The number of ether oxygens (including phenoxy) is 2. The number of imide groups is 1. The van der Waals surface area contributed by atoms with Crippen LogP contribution in [0.25, 0.3) is 11.1 Å². The number of carbonyl (C=O) groups excluding carboxylic acids is 2. The van der Waals surface area contributed by atoms with Crippen LogP contribution in [0.5, 0.6) is 11.5 Å². The lowest BCUT2D eigenvalue weighted by Crippen LogP contribution is -2.51. The summed E-state index contributed by atoms with van der Waals surface area (Å²) in [5.41, 5.74) is 1.96. The molecule has 5 atom stereocenters. The average molecular weight is 558 g/mol. The van der Waals surface area contributed by atoms with Crippen LogP contribution in [0.1, 0.15) is 25.0 Å². The third-order valence-electron chi connectivity index (χ3n) is 8.90. The molecule has 3 aromatic carbocycles. The number of hydrogen-bond donors (Lipinski definition) is 1. The van der Waals surface area contributed by atoms with Crippen LogP contribution in [0.3, 0.4) is 0 Å². The minimum atomic E-state index is -1.34. The second kappa shape index (κ2) is 7.33. The molecular weight excluding hydrogens is 534 g/mol. The van der Waals surface area contributed by atoms with Crippen molar-refractivity contribution >= 4 is 44.6 Å². The van der Waals surface area contributed by atoms with Crippen molar-refractivity contribution in [3.63, 3.8) is 0 Å². The van der Waals surface area contributed by atoms with Crippen LogP contribution in [-0.4, -0.2) is 34.1 Å². The molecule has 3 aromatic rings. The molecule has 7 rings (SSSR count). The normalized spacial score (nSPS) is 33.5. The zero-order chi connectivity index (χ0) is 25.7. The van der Waals surface area contributed by atoms with Crippen molar-refractivity contribution in [3.8, 4) is 11.5 Å². The lowest BCUT2D eigenvalue weighted by Gasteiger charge is -2.42. The highest BCUT2D eigenvalue weighted by molar-refractivity contribution is 9.10. The summed E-state index contributed by atoms with van der Waals surface area (Å²) in [6, 6.07) is 24.8. The van der Waals surface area contributed by atoms with E-state index in [1.54, 1.807) is 18.2 Å². The Hall–Kier alpha value is -3.42. The number of nitrogens with zero attached hydrogens (tertiary/aromatic N) is 1. The van der Waals surface area contributed by atoms with Crippen molar-refractivity contribution in [1.29, 1.82) is 0 Å². The summed E-state index contributed by atoms with van der Waals surface area (Å²) in [6.45, 7) is 3.94. The number of aliphatic hydroxyl groups excluding tert-OH is 1. The number of alkyl halides is 1. The summed E-state index contributed by atoms with van der Waals surface area (Å²) in [5.74, 6) is -0.475. The monoisotopic (exact) mass is 557 g/mol. The number of rotatable bonds is 3. The molecular formula is C30H24BrNO5. The largest absolute Gasteiger partial charge is 0.454 e. The summed E-state index contributed by atoms with van der Waals surface area (Å²) in [6.07, 6.45) is -0.971. The summed E-state index contributed by atoms with van der Waals surface area (Å²) in [5, 5.41) is 12.1. The molecule has 7 heteroatoms. The van der Waals surface area contributed by atoms with Gasteiger partial charge in [-0.05, 0) is 34.4 Å². The Morgan fingerprint density at radius 1 is 0.865 bits per heavy atom. The van der Waals surface area contributed by atoms with Gasteiger partial charge in [0, 0.05) is 16.9 Å². The van der Waals surface area contributed by atoms with Gasteiger partial charge in [-0.25, -0.2) is 4.90 Å². The molecule has 0 aromatic heterocycles. The predicted molar refractivity (Wildman–Crippen MR) is 142 cm³/mol. The Labute approximate surface area is 222 Å². The maximum atomic E-state index is 14.4. The molecule has 2 bridgehead atoms. The van der Waals surface area contributed by atoms with Crippen molar-refractivity contribution in [2.75, 3.05) is 11.7 Å². The van der Waals surface area contributed by atoms with Crippen molar-refractivity contribution in [2.24, 2.45) is 16.7 Å². The van der Waals surface area contributed by atoms with Crippen molar-refractivity contribution in [2.45, 2.75) is 24.3 Å². The van der Waals surface area contributed by atoms with E-state index in [0.29, 0.717) is 17.2 Å². The molecule has 1 saturated carbocycles. The standard InChI is InChI=1S/C30H24BrNO5/c1-28-22(17-9-5-3-6-10-17)23(18-11-7-4-8-12-18)29(2,26(28)34)30(31)24(28)25(33)32(27(30)35)19-13-14-20-21(15-19)37-16-36-20/h3-15,24,26,34H,16H2,1-2H3. The Morgan fingerprint density at radius 2 is 1.46 bits per heavy atom. The third-order valence-corrected chi connectivity index (χ3v) is 10.5. The van der Waals surface area contributed by atoms with Gasteiger partial charge in [-0.3, -0.25) is 9.59 Å². The fraction of sp³-hybridized carbons (Fsp3) is 0.267. The maximum absolute atomic E-state index is 14.4. The molecule has 2 heterocycles. The number of amides is 2. The molecule has 2 aliphatic carbocycles. The molecule has 1 N–H and O–H groups in total. The van der Waals surface area contributed by atoms with Gasteiger partial charge in [-0.2, -0.15) is 0 Å². The molecule has 1 saturated heterocycles. The smallest absolute Gasteiger partial charge is 0.252 e. The summed E-state index contributed by atoms with van der Waals surface area (Å²) >= 11 is 3.84. The highest BCUT2D eigenvalue weighted by Crippen LogP contribution is 2.79. The van der Waals surface area contributed by atoms with E-state index in [1.807, 2.05) is 74.5 Å². The van der Waals surface area contributed by atoms with Gasteiger partial charge in [0.05, 0.1) is 17.7 Å². The summed E-state index contributed by atoms with van der Waals surface area (Å²) < 4.78 is 9.60. The highest BCUT2D eigenvalue weighted by Gasteiger charge is 2.85. The predicted octanol–water partition coefficient (Wildman–Crippen LogP) is 5.05. The van der Waals surface area contributed by atoms with Crippen LogP contribution in [0.15, 0.2) is 78.9 Å². The Kier molecular flexibility index (Phi) is 4.51. The number of hydrogen-bond acceptors (Lipinski definition) is 5. The average Bonchev–Trinajstić information content (AvgIpc) is 3.55. The first-order valence-corrected chi connectivity index (χ1v) is 13.1. The molecule has 2 fully saturated rings. The van der Waals surface area contributed by atoms with Crippen LogP contribution in [-0.2, 0) is 9.59 Å². The van der Waals surface area contributed by atoms with Gasteiger partial charge in [0.15, 0.2) is 11.5 Å². The van der Waals surface area contributed by atoms with Gasteiger partial charge < -0.3 is 14.6 Å². The molecule has 2 aliphatic heterocycles. The molecule has 186 valence electrons. The van der Waals surface area contributed by atoms with Gasteiger partial charge in [-0.1, -0.05) is 90.4 Å². The van der Waals surface area contributed by atoms with Crippen LogP contribution < -0.4 is 14.4 Å². The SMILES string of the molecule is CC12C(c3ccccc3)=C(c3ccccc3)C(C)(C1O)C1(Br)C(=O)N(c3ccc4c(c3)OCO4)C(=O)C21. The maximum Gasteiger partial charge on any atom is 0.252 e. The number of fused-ring (bicyclic) bond motifs is 6. The lowest BCUT2D eigenvalue weighted by molar-refractivity contribution is -0.125. The van der Waals surface area contributed by atoms with Crippen LogP contribution in [0.2, 0.25) is 0 Å². The van der Waals surface area contributed by atoms with E-state index in [0.717, 1.165) is 22.3 Å². The van der Waals surface area contributed by atoms with E-state index < -0.39 is 27.2 Å². The molecule has 4 aliphatic rings. The molecule has 37 heavy (non-hydrogen) atoms. The number of halogens is 1. The van der Waals surface area contributed by atoms with E-state index in [4.69, 9.17) is 9.47 Å². The number of carbonyl (C=O) groups is 2. The minimum Gasteiger partial charge on any atom is -0.454 e. The first-order chi connectivity index (χ1) is 17.8. The Morgan fingerprint density at radius 3 is 2.11 bits per heavy atom. The molecule has 6 nitrogen and oxygen atoms in total. The summed E-state index contributed by atoms with van der Waals surface area (Å²) in [7, 11) is 0. The van der Waals surface area contributed by atoms with Gasteiger partial charge in [-0.15, -0.1) is 0 Å². The zero-order valence-electron chi connectivity index (χ0n) is 20.3. The lowest BCUT2D eigenvalue weighted by atomic mass is 9.63. The molecule has 0 spiro atoms. The van der Waals surface area contributed by atoms with E-state index in [-0.39, 0.29) is 18.6 Å². The fourth-order valence-electron chi connectivity index (χ4n) is 7.34. The van der Waals surface area contributed by atoms with Crippen LogP contribution in [0.4, 0.5) is 5.69 Å². The third kappa shape index (κ3) is 2.49. The second-order valence-corrected chi connectivity index (χ2v) is 11.8. The second-order valence-electron chi connectivity index (χ2n) is 10.5. The summed E-state index contributed by atoms with van der Waals surface area (Å²) in [4.78, 5) is 29.9. The first-order valence-electron chi connectivity index (χ1n) is 12.3. The van der Waals surface area contributed by atoms with Crippen molar-refractivity contribution in [1.82, 2.24) is 0 Å². The van der Waals surface area contributed by atoms with Crippen molar-refractivity contribution in [3.05, 3.63) is 90.0 Å². The van der Waals surface area contributed by atoms with Gasteiger partial charge in [0.1, 0.15) is 4.32 Å². The number of anilines is 1. The molecule has 5 unspecified atom stereocenters. The first kappa shape index (κ1) is 22.8. The minimum absolute atomic E-state index is 0.0960. The number of aliphatic hydroxyl groups is 1. The Balaban J connectivity index is 1.48. The quantitative estimate of drug-likeness (QED) is 0.360. The van der Waals surface area contributed by atoms with E-state index >= 15 is 0 Å². The fourth-order valence-corrected chi connectivity index (χ4v) is 8.60.